The first-order valence-corrected chi connectivity index (χ1v) is 6.77. The maximum absolute atomic E-state index is 11.1. The number of aromatic carboxylic acids is 1. The van der Waals surface area contributed by atoms with Crippen LogP contribution in [-0.4, -0.2) is 28.0 Å². The van der Waals surface area contributed by atoms with Crippen LogP contribution in [-0.2, 0) is 7.05 Å². The van der Waals surface area contributed by atoms with E-state index >= 15 is 0 Å². The minimum atomic E-state index is -1.05. The summed E-state index contributed by atoms with van der Waals surface area (Å²) in [6.45, 7) is 3.90. The highest BCUT2D eigenvalue weighted by molar-refractivity contribution is 9.10. The van der Waals surface area contributed by atoms with Crippen LogP contribution in [0.3, 0.4) is 0 Å². The van der Waals surface area contributed by atoms with Gasteiger partial charge >= 0.3 is 5.97 Å². The number of halogens is 1. The Balaban J connectivity index is 2.69. The Morgan fingerprint density at radius 3 is 2.50 bits per heavy atom. The molecule has 20 heavy (non-hydrogen) atoms. The Hall–Kier alpha value is -1.82. The average molecular weight is 339 g/mol. The van der Waals surface area contributed by atoms with E-state index in [-0.39, 0.29) is 5.69 Å². The van der Waals surface area contributed by atoms with E-state index < -0.39 is 5.97 Å². The van der Waals surface area contributed by atoms with Gasteiger partial charge in [0, 0.05) is 12.6 Å². The van der Waals surface area contributed by atoms with Crippen LogP contribution in [0.4, 0.5) is 0 Å². The maximum atomic E-state index is 11.1. The zero-order valence-electron chi connectivity index (χ0n) is 11.7. The van der Waals surface area contributed by atoms with Gasteiger partial charge in [-0.05, 0) is 53.0 Å². The van der Waals surface area contributed by atoms with Crippen LogP contribution in [0.5, 0.6) is 5.75 Å². The lowest BCUT2D eigenvalue weighted by atomic mass is 10.0. The fourth-order valence-corrected chi connectivity index (χ4v) is 2.91. The summed E-state index contributed by atoms with van der Waals surface area (Å²) in [7, 11) is 3.36. The van der Waals surface area contributed by atoms with Gasteiger partial charge in [-0.2, -0.15) is 5.10 Å². The van der Waals surface area contributed by atoms with Crippen molar-refractivity contribution in [3.63, 3.8) is 0 Å². The fourth-order valence-electron chi connectivity index (χ4n) is 2.19. The quantitative estimate of drug-likeness (QED) is 0.933. The molecule has 1 aromatic heterocycles. The third kappa shape index (κ3) is 2.31. The Labute approximate surface area is 125 Å². The minimum Gasteiger partial charge on any atom is -0.496 e. The first kappa shape index (κ1) is 14.6. The monoisotopic (exact) mass is 338 g/mol. The first-order valence-electron chi connectivity index (χ1n) is 5.98. The number of aryl methyl sites for hydroxylation is 3. The van der Waals surface area contributed by atoms with E-state index in [2.05, 4.69) is 21.0 Å². The molecule has 0 amide bonds. The van der Waals surface area contributed by atoms with Gasteiger partial charge in [-0.1, -0.05) is 0 Å². The zero-order chi connectivity index (χ0) is 15.0. The molecular weight excluding hydrogens is 324 g/mol. The number of rotatable bonds is 3. The smallest absolute Gasteiger partial charge is 0.357 e. The molecule has 0 saturated heterocycles. The van der Waals surface area contributed by atoms with Crippen molar-refractivity contribution in [2.75, 3.05) is 7.11 Å². The van der Waals surface area contributed by atoms with Crippen LogP contribution in [0.25, 0.3) is 11.3 Å². The van der Waals surface area contributed by atoms with Crippen LogP contribution >= 0.6 is 15.9 Å². The summed E-state index contributed by atoms with van der Waals surface area (Å²) in [5, 5.41) is 13.2. The lowest BCUT2D eigenvalue weighted by Crippen LogP contribution is -2.00. The molecule has 0 radical (unpaired) electrons. The summed E-state index contributed by atoms with van der Waals surface area (Å²) in [5.41, 5.74) is 3.66. The Kier molecular flexibility index (Phi) is 3.85. The molecule has 2 aromatic rings. The normalized spacial score (nSPS) is 10.7. The molecule has 1 heterocycles. The van der Waals surface area contributed by atoms with E-state index in [0.717, 1.165) is 28.1 Å². The molecule has 0 aliphatic heterocycles. The minimum absolute atomic E-state index is 0.00960. The average Bonchev–Trinajstić information content (AvgIpc) is 2.67. The van der Waals surface area contributed by atoms with Gasteiger partial charge in [0.15, 0.2) is 5.69 Å². The fraction of sp³-hybridized carbons (Fsp3) is 0.286. The van der Waals surface area contributed by atoms with E-state index in [1.54, 1.807) is 18.8 Å². The highest BCUT2D eigenvalue weighted by atomic mass is 79.9. The van der Waals surface area contributed by atoms with E-state index in [1.807, 2.05) is 26.0 Å². The molecule has 0 fully saturated rings. The number of hydrogen-bond acceptors (Lipinski definition) is 3. The molecule has 0 aliphatic rings. The van der Waals surface area contributed by atoms with Crippen molar-refractivity contribution in [1.29, 1.82) is 0 Å². The maximum Gasteiger partial charge on any atom is 0.357 e. The molecule has 0 bridgehead atoms. The van der Waals surface area contributed by atoms with Crippen molar-refractivity contribution in [3.8, 4) is 17.0 Å². The Morgan fingerprint density at radius 2 is 2.00 bits per heavy atom. The molecule has 1 N–H and O–H groups in total. The molecule has 5 nitrogen and oxygen atoms in total. The van der Waals surface area contributed by atoms with E-state index in [4.69, 9.17) is 9.84 Å². The first-order chi connectivity index (χ1) is 9.36. The molecule has 0 unspecified atom stereocenters. The van der Waals surface area contributed by atoms with Crippen molar-refractivity contribution >= 4 is 21.9 Å². The molecule has 0 saturated carbocycles. The van der Waals surface area contributed by atoms with Gasteiger partial charge in [0.25, 0.3) is 0 Å². The van der Waals surface area contributed by atoms with Crippen LogP contribution < -0.4 is 4.74 Å². The van der Waals surface area contributed by atoms with Gasteiger partial charge in [0.2, 0.25) is 0 Å². The van der Waals surface area contributed by atoms with E-state index in [1.165, 1.54) is 0 Å². The second kappa shape index (κ2) is 5.28. The number of carboxylic acids is 1. The number of hydrogen-bond donors (Lipinski definition) is 1. The van der Waals surface area contributed by atoms with Gasteiger partial charge in [-0.25, -0.2) is 4.79 Å². The molecular formula is C14H15BrN2O3. The third-order valence-corrected chi connectivity index (χ3v) is 3.94. The number of ether oxygens (including phenoxy) is 1. The van der Waals surface area contributed by atoms with Gasteiger partial charge in [-0.15, -0.1) is 0 Å². The van der Waals surface area contributed by atoms with Crippen molar-refractivity contribution in [3.05, 3.63) is 33.4 Å². The van der Waals surface area contributed by atoms with Crippen LogP contribution in [0, 0.1) is 13.8 Å². The number of methoxy groups -OCH3 is 1. The summed E-state index contributed by atoms with van der Waals surface area (Å²) in [5.74, 6) is -0.246. The van der Waals surface area contributed by atoms with Crippen molar-refractivity contribution < 1.29 is 14.6 Å². The summed E-state index contributed by atoms with van der Waals surface area (Å²) >= 11 is 3.34. The highest BCUT2D eigenvalue weighted by Crippen LogP contribution is 2.35. The second-order valence-electron chi connectivity index (χ2n) is 4.58. The summed E-state index contributed by atoms with van der Waals surface area (Å²) in [6.07, 6.45) is 0. The second-order valence-corrected chi connectivity index (χ2v) is 5.37. The molecule has 2 rings (SSSR count). The van der Waals surface area contributed by atoms with Crippen LogP contribution in [0.2, 0.25) is 0 Å². The Bertz CT molecular complexity index is 692. The Morgan fingerprint density at radius 1 is 1.35 bits per heavy atom. The standard InChI is InChI=1S/C14H15BrN2O3/c1-7-6-10(20-4)8(2)5-9(7)13-11(15)12(14(18)19)16-17(13)3/h5-6H,1-4H3,(H,18,19). The lowest BCUT2D eigenvalue weighted by molar-refractivity contribution is 0.0688. The SMILES string of the molecule is COc1cc(C)c(-c2c(Br)c(C(=O)O)nn2C)cc1C. The number of nitrogens with zero attached hydrogens (tertiary/aromatic N) is 2. The largest absolute Gasteiger partial charge is 0.496 e. The molecule has 6 heteroatoms. The van der Waals surface area contributed by atoms with Gasteiger partial charge in [0.05, 0.1) is 17.3 Å². The molecule has 0 atom stereocenters. The number of benzene rings is 1. The third-order valence-electron chi connectivity index (χ3n) is 3.19. The summed E-state index contributed by atoms with van der Waals surface area (Å²) in [4.78, 5) is 11.1. The summed E-state index contributed by atoms with van der Waals surface area (Å²) < 4.78 is 7.35. The molecule has 0 aliphatic carbocycles. The molecule has 106 valence electrons. The molecule has 1 aromatic carbocycles. The van der Waals surface area contributed by atoms with Crippen molar-refractivity contribution in [1.82, 2.24) is 9.78 Å². The predicted molar refractivity (Wildman–Crippen MR) is 79.3 cm³/mol. The number of aromatic nitrogens is 2. The van der Waals surface area contributed by atoms with Gasteiger partial charge in [0.1, 0.15) is 5.75 Å². The van der Waals surface area contributed by atoms with Crippen molar-refractivity contribution in [2.24, 2.45) is 7.05 Å². The van der Waals surface area contributed by atoms with Gasteiger partial charge < -0.3 is 9.84 Å². The number of carboxylic acid groups (broad SMARTS) is 1. The zero-order valence-corrected chi connectivity index (χ0v) is 13.3. The predicted octanol–water partition coefficient (Wildman–Crippen LogP) is 3.17. The van der Waals surface area contributed by atoms with Crippen LogP contribution in [0.15, 0.2) is 16.6 Å². The summed E-state index contributed by atoms with van der Waals surface area (Å²) in [6, 6.07) is 3.91. The van der Waals surface area contributed by atoms with Crippen molar-refractivity contribution in [2.45, 2.75) is 13.8 Å². The topological polar surface area (TPSA) is 64.3 Å². The van der Waals surface area contributed by atoms with Crippen LogP contribution in [0.1, 0.15) is 21.6 Å². The van der Waals surface area contributed by atoms with E-state index in [9.17, 15) is 4.79 Å². The van der Waals surface area contributed by atoms with Gasteiger partial charge in [-0.3, -0.25) is 4.68 Å². The molecule has 0 spiro atoms. The number of carbonyl (C=O) groups is 1. The lowest BCUT2D eigenvalue weighted by Gasteiger charge is -2.12. The highest BCUT2D eigenvalue weighted by Gasteiger charge is 2.22. The van der Waals surface area contributed by atoms with E-state index in [0.29, 0.717) is 4.47 Å².